The number of hydrogen-bond donors (Lipinski definition) is 1. The third-order valence-corrected chi connectivity index (χ3v) is 3.96. The predicted octanol–water partition coefficient (Wildman–Crippen LogP) is 0.613. The number of hydrogen-bond acceptors (Lipinski definition) is 5. The van der Waals surface area contributed by atoms with Gasteiger partial charge in [0.15, 0.2) is 0 Å². The number of methoxy groups -OCH3 is 1. The van der Waals surface area contributed by atoms with Crippen LogP contribution in [0, 0.1) is 13.8 Å². The van der Waals surface area contributed by atoms with Gasteiger partial charge in [-0.25, -0.2) is 0 Å². The van der Waals surface area contributed by atoms with E-state index in [2.05, 4.69) is 10.4 Å². The van der Waals surface area contributed by atoms with E-state index in [9.17, 15) is 9.59 Å². The highest BCUT2D eigenvalue weighted by atomic mass is 16.5. The number of rotatable bonds is 4. The molecular weight excluding hydrogens is 272 g/mol. The van der Waals surface area contributed by atoms with Crippen molar-refractivity contribution in [2.45, 2.75) is 32.7 Å². The first-order valence-electron chi connectivity index (χ1n) is 7.06. The second kappa shape index (κ2) is 6.26. The maximum atomic E-state index is 12.2. The van der Waals surface area contributed by atoms with Crippen LogP contribution >= 0.6 is 0 Å². The van der Waals surface area contributed by atoms with Gasteiger partial charge in [-0.1, -0.05) is 0 Å². The summed E-state index contributed by atoms with van der Waals surface area (Å²) in [7, 11) is 3.22. The second-order valence-electron chi connectivity index (χ2n) is 5.37. The van der Waals surface area contributed by atoms with Crippen molar-refractivity contribution in [1.29, 1.82) is 0 Å². The van der Waals surface area contributed by atoms with E-state index in [4.69, 9.17) is 4.74 Å². The lowest BCUT2D eigenvalue weighted by molar-refractivity contribution is -0.146. The van der Waals surface area contributed by atoms with E-state index in [0.717, 1.165) is 36.5 Å². The Morgan fingerprint density at radius 3 is 2.71 bits per heavy atom. The quantitative estimate of drug-likeness (QED) is 0.824. The topological polar surface area (TPSA) is 76.5 Å². The van der Waals surface area contributed by atoms with Crippen molar-refractivity contribution in [2.24, 2.45) is 7.05 Å². The summed E-state index contributed by atoms with van der Waals surface area (Å²) in [6, 6.07) is -0.308. The summed E-state index contributed by atoms with van der Waals surface area (Å²) < 4.78 is 6.51. The molecule has 1 unspecified atom stereocenters. The van der Waals surface area contributed by atoms with Gasteiger partial charge in [0.1, 0.15) is 6.04 Å². The van der Waals surface area contributed by atoms with Crippen molar-refractivity contribution >= 4 is 17.6 Å². The average Bonchev–Trinajstić information content (AvgIpc) is 2.98. The Hall–Kier alpha value is -1.89. The van der Waals surface area contributed by atoms with Gasteiger partial charge in [-0.05, 0) is 33.2 Å². The highest BCUT2D eigenvalue weighted by molar-refractivity contribution is 5.93. The van der Waals surface area contributed by atoms with Crippen LogP contribution in [-0.2, 0) is 21.4 Å². The van der Waals surface area contributed by atoms with Gasteiger partial charge in [0.05, 0.1) is 30.7 Å². The number of nitrogens with zero attached hydrogens (tertiary/aromatic N) is 3. The van der Waals surface area contributed by atoms with E-state index in [0.29, 0.717) is 0 Å². The number of amides is 1. The maximum absolute atomic E-state index is 12.2. The first kappa shape index (κ1) is 15.5. The predicted molar refractivity (Wildman–Crippen MR) is 77.9 cm³/mol. The molecule has 2 heterocycles. The molecule has 1 atom stereocenters. The van der Waals surface area contributed by atoms with Gasteiger partial charge in [0, 0.05) is 7.05 Å². The third-order valence-electron chi connectivity index (χ3n) is 3.96. The molecule has 21 heavy (non-hydrogen) atoms. The van der Waals surface area contributed by atoms with Crippen molar-refractivity contribution in [1.82, 2.24) is 14.7 Å². The molecule has 0 bridgehead atoms. The fourth-order valence-corrected chi connectivity index (χ4v) is 2.74. The van der Waals surface area contributed by atoms with Crippen molar-refractivity contribution < 1.29 is 14.3 Å². The van der Waals surface area contributed by atoms with E-state index in [-0.39, 0.29) is 24.5 Å². The highest BCUT2D eigenvalue weighted by Crippen LogP contribution is 2.20. The molecule has 1 N–H and O–H groups in total. The third kappa shape index (κ3) is 3.24. The number of ether oxygens (including phenoxy) is 1. The van der Waals surface area contributed by atoms with Crippen LogP contribution in [0.25, 0.3) is 0 Å². The molecule has 1 fully saturated rings. The number of esters is 1. The zero-order chi connectivity index (χ0) is 15.6. The summed E-state index contributed by atoms with van der Waals surface area (Å²) in [5, 5.41) is 7.15. The molecule has 0 saturated carbocycles. The summed E-state index contributed by atoms with van der Waals surface area (Å²) in [4.78, 5) is 25.7. The van der Waals surface area contributed by atoms with E-state index < -0.39 is 0 Å². The van der Waals surface area contributed by atoms with Crippen LogP contribution in [0.2, 0.25) is 0 Å². The van der Waals surface area contributed by atoms with Crippen LogP contribution in [0.1, 0.15) is 24.2 Å². The van der Waals surface area contributed by atoms with Crippen LogP contribution in [0.5, 0.6) is 0 Å². The Kier molecular flexibility index (Phi) is 4.62. The van der Waals surface area contributed by atoms with E-state index in [1.54, 1.807) is 4.68 Å². The number of aromatic nitrogens is 2. The molecule has 7 heteroatoms. The van der Waals surface area contributed by atoms with Gasteiger partial charge in [0.2, 0.25) is 5.91 Å². The highest BCUT2D eigenvalue weighted by Gasteiger charge is 2.32. The van der Waals surface area contributed by atoms with Crippen molar-refractivity contribution in [2.75, 3.05) is 25.5 Å². The van der Waals surface area contributed by atoms with Crippen LogP contribution < -0.4 is 5.32 Å². The second-order valence-corrected chi connectivity index (χ2v) is 5.37. The Morgan fingerprint density at radius 1 is 1.43 bits per heavy atom. The standard InChI is InChI=1S/C14H22N4O3/c1-9-13(10(2)17(3)16-9)15-12(19)8-18-7-5-6-11(18)14(20)21-4/h11H,5-8H2,1-4H3,(H,15,19). The van der Waals surface area contributed by atoms with Gasteiger partial charge in [-0.15, -0.1) is 0 Å². The molecule has 0 aliphatic carbocycles. The molecule has 1 amide bonds. The minimum Gasteiger partial charge on any atom is -0.468 e. The van der Waals surface area contributed by atoms with Gasteiger partial charge in [-0.3, -0.25) is 19.2 Å². The monoisotopic (exact) mass is 294 g/mol. The van der Waals surface area contributed by atoms with E-state index >= 15 is 0 Å². The van der Waals surface area contributed by atoms with Gasteiger partial charge < -0.3 is 10.1 Å². The SMILES string of the molecule is COC(=O)C1CCCN1CC(=O)Nc1c(C)nn(C)c1C. The van der Waals surface area contributed by atoms with Gasteiger partial charge in [-0.2, -0.15) is 5.10 Å². The molecule has 116 valence electrons. The molecule has 7 nitrogen and oxygen atoms in total. The Labute approximate surface area is 124 Å². The number of carbonyl (C=O) groups is 2. The number of aryl methyl sites for hydroxylation is 2. The fourth-order valence-electron chi connectivity index (χ4n) is 2.74. The Bertz CT molecular complexity index is 553. The van der Waals surface area contributed by atoms with Crippen LogP contribution in [0.3, 0.4) is 0 Å². The largest absolute Gasteiger partial charge is 0.468 e. The molecule has 0 aromatic carbocycles. The minimum atomic E-state index is -0.308. The van der Waals surface area contributed by atoms with Crippen LogP contribution in [-0.4, -0.2) is 52.8 Å². The number of likely N-dealkylation sites (tertiary alicyclic amines) is 1. The van der Waals surface area contributed by atoms with Crippen molar-refractivity contribution in [3.05, 3.63) is 11.4 Å². The molecule has 1 aromatic heterocycles. The summed E-state index contributed by atoms with van der Waals surface area (Å²) in [6.45, 7) is 4.68. The minimum absolute atomic E-state index is 0.134. The Balaban J connectivity index is 2.00. The summed E-state index contributed by atoms with van der Waals surface area (Å²) in [6.07, 6.45) is 1.64. The maximum Gasteiger partial charge on any atom is 0.323 e. The molecule has 1 aromatic rings. The zero-order valence-electron chi connectivity index (χ0n) is 13.0. The lowest BCUT2D eigenvalue weighted by Gasteiger charge is -2.21. The summed E-state index contributed by atoms with van der Waals surface area (Å²) in [5.41, 5.74) is 2.44. The van der Waals surface area contributed by atoms with Gasteiger partial charge >= 0.3 is 5.97 Å². The van der Waals surface area contributed by atoms with Crippen molar-refractivity contribution in [3.8, 4) is 0 Å². The lowest BCUT2D eigenvalue weighted by Crippen LogP contribution is -2.41. The lowest BCUT2D eigenvalue weighted by atomic mass is 10.2. The average molecular weight is 294 g/mol. The number of anilines is 1. The first-order chi connectivity index (χ1) is 9.93. The van der Waals surface area contributed by atoms with E-state index in [1.807, 2.05) is 25.8 Å². The smallest absolute Gasteiger partial charge is 0.323 e. The summed E-state index contributed by atoms with van der Waals surface area (Å²) in [5.74, 6) is -0.404. The normalized spacial score (nSPS) is 18.8. The Morgan fingerprint density at radius 2 is 2.14 bits per heavy atom. The molecule has 2 rings (SSSR count). The molecule has 0 radical (unpaired) electrons. The number of nitrogens with one attached hydrogen (secondary N) is 1. The van der Waals surface area contributed by atoms with Crippen LogP contribution in [0.4, 0.5) is 5.69 Å². The number of carbonyl (C=O) groups excluding carboxylic acids is 2. The van der Waals surface area contributed by atoms with E-state index in [1.165, 1.54) is 7.11 Å². The molecule has 0 spiro atoms. The fraction of sp³-hybridized carbons (Fsp3) is 0.643. The van der Waals surface area contributed by atoms with Crippen molar-refractivity contribution in [3.63, 3.8) is 0 Å². The molecule has 1 aliphatic heterocycles. The van der Waals surface area contributed by atoms with Gasteiger partial charge in [0.25, 0.3) is 0 Å². The molecule has 1 aliphatic rings. The molecule has 1 saturated heterocycles. The summed E-state index contributed by atoms with van der Waals surface area (Å²) >= 11 is 0. The van der Waals surface area contributed by atoms with Crippen LogP contribution in [0.15, 0.2) is 0 Å². The molecular formula is C14H22N4O3. The first-order valence-corrected chi connectivity index (χ1v) is 7.06. The zero-order valence-corrected chi connectivity index (χ0v) is 13.0.